The predicted octanol–water partition coefficient (Wildman–Crippen LogP) is 3.01. The molecule has 17 heavy (non-hydrogen) atoms. The molecule has 1 aromatic rings. The zero-order valence-corrected chi connectivity index (χ0v) is 9.95. The van der Waals surface area contributed by atoms with Gasteiger partial charge in [0.05, 0.1) is 12.8 Å². The highest BCUT2D eigenvalue weighted by atomic mass is 19.1. The van der Waals surface area contributed by atoms with Crippen LogP contribution in [-0.4, -0.2) is 12.9 Å². The lowest BCUT2D eigenvalue weighted by atomic mass is 10.1. The number of methoxy groups -OCH3 is 1. The smallest absolute Gasteiger partial charge is 0.129 e. The Morgan fingerprint density at radius 1 is 1.35 bits per heavy atom. The van der Waals surface area contributed by atoms with E-state index in [0.29, 0.717) is 23.2 Å². The minimum atomic E-state index is -0.359. The lowest BCUT2D eigenvalue weighted by molar-refractivity contribution is 0.411. The summed E-state index contributed by atoms with van der Waals surface area (Å²) in [6.45, 7) is 0. The molecule has 0 bridgehead atoms. The van der Waals surface area contributed by atoms with Crippen molar-refractivity contribution in [1.29, 1.82) is 0 Å². The van der Waals surface area contributed by atoms with Gasteiger partial charge in [0.15, 0.2) is 0 Å². The summed E-state index contributed by atoms with van der Waals surface area (Å²) >= 11 is 0. The van der Waals surface area contributed by atoms with E-state index >= 15 is 0 Å². The van der Waals surface area contributed by atoms with Gasteiger partial charge in [0, 0.05) is 18.1 Å². The van der Waals surface area contributed by atoms with Crippen LogP contribution in [0.3, 0.4) is 0 Å². The first-order chi connectivity index (χ1) is 8.19. The van der Waals surface area contributed by atoms with E-state index in [1.165, 1.54) is 32.1 Å². The Hall–Kier alpha value is -1.58. The molecule has 0 aromatic heterocycles. The van der Waals surface area contributed by atoms with Crippen LogP contribution in [0.2, 0.25) is 0 Å². The summed E-state index contributed by atoms with van der Waals surface area (Å²) in [6, 6.07) is 4.38. The fourth-order valence-electron chi connectivity index (χ4n) is 2.19. The monoisotopic (exact) mass is 236 g/mol. The molecule has 0 aliphatic heterocycles. The molecule has 2 N–H and O–H groups in total. The SMILES string of the molecule is COc1cc(F)cc(N=C(N)C2CCCC2)c1. The van der Waals surface area contributed by atoms with Crippen LogP contribution < -0.4 is 10.5 Å². The zero-order valence-electron chi connectivity index (χ0n) is 9.95. The molecule has 0 heterocycles. The molecule has 2 rings (SSSR count). The lowest BCUT2D eigenvalue weighted by Gasteiger charge is -2.08. The predicted molar refractivity (Wildman–Crippen MR) is 66.2 cm³/mol. The van der Waals surface area contributed by atoms with Gasteiger partial charge in [0.1, 0.15) is 17.4 Å². The Morgan fingerprint density at radius 2 is 2.06 bits per heavy atom. The minimum absolute atomic E-state index is 0.351. The highest BCUT2D eigenvalue weighted by Gasteiger charge is 2.18. The summed E-state index contributed by atoms with van der Waals surface area (Å²) < 4.78 is 18.2. The normalized spacial score (nSPS) is 17.4. The standard InChI is InChI=1S/C13H17FN2O/c1-17-12-7-10(14)6-11(8-12)16-13(15)9-4-2-3-5-9/h6-9H,2-5H2,1H3,(H2,15,16). The number of amidine groups is 1. The number of hydrogen-bond donors (Lipinski definition) is 1. The van der Waals surface area contributed by atoms with E-state index < -0.39 is 0 Å². The van der Waals surface area contributed by atoms with E-state index in [-0.39, 0.29) is 5.82 Å². The molecule has 0 amide bonds. The molecule has 0 atom stereocenters. The number of hydrogen-bond acceptors (Lipinski definition) is 2. The van der Waals surface area contributed by atoms with Crippen molar-refractivity contribution in [3.05, 3.63) is 24.0 Å². The van der Waals surface area contributed by atoms with Gasteiger partial charge in [-0.25, -0.2) is 9.38 Å². The van der Waals surface area contributed by atoms with Crippen LogP contribution in [0.5, 0.6) is 5.75 Å². The van der Waals surface area contributed by atoms with Crippen LogP contribution in [0.4, 0.5) is 10.1 Å². The first-order valence-electron chi connectivity index (χ1n) is 5.87. The van der Waals surface area contributed by atoms with Gasteiger partial charge in [-0.05, 0) is 18.9 Å². The Labute approximate surface area is 100 Å². The second kappa shape index (κ2) is 5.17. The second-order valence-corrected chi connectivity index (χ2v) is 4.37. The van der Waals surface area contributed by atoms with Crippen LogP contribution in [0.1, 0.15) is 25.7 Å². The number of halogens is 1. The highest BCUT2D eigenvalue weighted by molar-refractivity contribution is 5.85. The summed E-state index contributed by atoms with van der Waals surface area (Å²) in [5.41, 5.74) is 6.46. The van der Waals surface area contributed by atoms with Gasteiger partial charge in [0.2, 0.25) is 0 Å². The molecule has 0 radical (unpaired) electrons. The maximum atomic E-state index is 13.3. The Morgan fingerprint density at radius 3 is 2.71 bits per heavy atom. The van der Waals surface area contributed by atoms with Gasteiger partial charge >= 0.3 is 0 Å². The van der Waals surface area contributed by atoms with E-state index in [0.717, 1.165) is 12.8 Å². The molecule has 0 unspecified atom stereocenters. The zero-order chi connectivity index (χ0) is 12.3. The molecule has 4 heteroatoms. The number of ether oxygens (including phenoxy) is 1. The fourth-order valence-corrected chi connectivity index (χ4v) is 2.19. The van der Waals surface area contributed by atoms with Crippen LogP contribution in [0.15, 0.2) is 23.2 Å². The molecule has 92 valence electrons. The van der Waals surface area contributed by atoms with E-state index in [1.54, 1.807) is 6.07 Å². The largest absolute Gasteiger partial charge is 0.497 e. The molecular formula is C13H17FN2O. The summed E-state index contributed by atoms with van der Waals surface area (Å²) in [6.07, 6.45) is 4.57. The summed E-state index contributed by atoms with van der Waals surface area (Å²) in [5.74, 6) is 1.06. The van der Waals surface area contributed by atoms with E-state index in [9.17, 15) is 4.39 Å². The Kier molecular flexibility index (Phi) is 3.61. The van der Waals surface area contributed by atoms with E-state index in [2.05, 4.69) is 4.99 Å². The molecule has 1 fully saturated rings. The van der Waals surface area contributed by atoms with Crippen molar-refractivity contribution in [3.8, 4) is 5.75 Å². The Balaban J connectivity index is 2.21. The average Bonchev–Trinajstić information content (AvgIpc) is 2.81. The number of nitrogens with two attached hydrogens (primary N) is 1. The van der Waals surface area contributed by atoms with E-state index in [1.807, 2.05) is 0 Å². The van der Waals surface area contributed by atoms with Crippen molar-refractivity contribution >= 4 is 11.5 Å². The number of nitrogens with zero attached hydrogens (tertiary/aromatic N) is 1. The summed E-state index contributed by atoms with van der Waals surface area (Å²) in [4.78, 5) is 4.28. The fraction of sp³-hybridized carbons (Fsp3) is 0.462. The molecule has 0 saturated heterocycles. The average molecular weight is 236 g/mol. The van der Waals surface area contributed by atoms with Crippen molar-refractivity contribution in [2.45, 2.75) is 25.7 Å². The van der Waals surface area contributed by atoms with Crippen LogP contribution in [-0.2, 0) is 0 Å². The first-order valence-corrected chi connectivity index (χ1v) is 5.87. The van der Waals surface area contributed by atoms with Crippen LogP contribution in [0, 0.1) is 11.7 Å². The molecule has 1 aromatic carbocycles. The van der Waals surface area contributed by atoms with E-state index in [4.69, 9.17) is 10.5 Å². The molecule has 1 saturated carbocycles. The van der Waals surface area contributed by atoms with Crippen molar-refractivity contribution in [3.63, 3.8) is 0 Å². The maximum Gasteiger partial charge on any atom is 0.129 e. The minimum Gasteiger partial charge on any atom is -0.497 e. The van der Waals surface area contributed by atoms with Gasteiger partial charge in [-0.15, -0.1) is 0 Å². The third kappa shape index (κ3) is 2.96. The van der Waals surface area contributed by atoms with Crippen LogP contribution in [0.25, 0.3) is 0 Å². The maximum absolute atomic E-state index is 13.3. The Bertz CT molecular complexity index is 425. The molecular weight excluding hydrogens is 219 g/mol. The van der Waals surface area contributed by atoms with Crippen LogP contribution >= 0.6 is 0 Å². The third-order valence-electron chi connectivity index (χ3n) is 3.12. The topological polar surface area (TPSA) is 47.6 Å². The third-order valence-corrected chi connectivity index (χ3v) is 3.12. The summed E-state index contributed by atoms with van der Waals surface area (Å²) in [7, 11) is 1.50. The van der Waals surface area contributed by atoms with Crippen molar-refractivity contribution in [1.82, 2.24) is 0 Å². The van der Waals surface area contributed by atoms with Gasteiger partial charge in [-0.2, -0.15) is 0 Å². The molecule has 1 aliphatic carbocycles. The van der Waals surface area contributed by atoms with Crippen molar-refractivity contribution < 1.29 is 9.13 Å². The highest BCUT2D eigenvalue weighted by Crippen LogP contribution is 2.27. The van der Waals surface area contributed by atoms with Gasteiger partial charge < -0.3 is 10.5 Å². The number of benzene rings is 1. The molecule has 3 nitrogen and oxygen atoms in total. The molecule has 0 spiro atoms. The van der Waals surface area contributed by atoms with Gasteiger partial charge in [-0.3, -0.25) is 0 Å². The lowest BCUT2D eigenvalue weighted by Crippen LogP contribution is -2.20. The quantitative estimate of drug-likeness (QED) is 0.647. The van der Waals surface area contributed by atoms with Gasteiger partial charge in [-0.1, -0.05) is 12.8 Å². The number of aliphatic imine (C=N–C) groups is 1. The number of rotatable bonds is 3. The first kappa shape index (κ1) is 11.9. The summed E-state index contributed by atoms with van der Waals surface area (Å²) in [5, 5.41) is 0. The molecule has 1 aliphatic rings. The second-order valence-electron chi connectivity index (χ2n) is 4.37. The van der Waals surface area contributed by atoms with Gasteiger partial charge in [0.25, 0.3) is 0 Å². The van der Waals surface area contributed by atoms with Crippen molar-refractivity contribution in [2.75, 3.05) is 7.11 Å². The van der Waals surface area contributed by atoms with Crippen molar-refractivity contribution in [2.24, 2.45) is 16.6 Å².